The molecule has 4 heterocycles. The molecule has 5 nitrogen and oxygen atoms in total. The van der Waals surface area contributed by atoms with Crippen molar-refractivity contribution in [1.29, 1.82) is 0 Å². The molecule has 0 aromatic heterocycles. The molecule has 3 aromatic rings. The number of hydrogen-bond acceptors (Lipinski definition) is 4. The zero-order chi connectivity index (χ0) is 24.6. The number of anilines is 1. The average Bonchev–Trinajstić information content (AvgIpc) is 3.35. The van der Waals surface area contributed by atoms with Crippen LogP contribution in [0, 0.1) is 0 Å². The molecule has 0 saturated carbocycles. The van der Waals surface area contributed by atoms with E-state index in [4.69, 9.17) is 0 Å². The number of piperidine rings is 1. The third kappa shape index (κ3) is 3.22. The van der Waals surface area contributed by atoms with Crippen LogP contribution in [-0.2, 0) is 23.2 Å². The van der Waals surface area contributed by atoms with Gasteiger partial charge < -0.3 is 10.0 Å². The number of fused-ring (bicyclic) bond motifs is 7. The molecule has 3 atom stereocenters. The van der Waals surface area contributed by atoms with E-state index < -0.39 is 11.5 Å². The lowest BCUT2D eigenvalue weighted by Crippen LogP contribution is -2.50. The Morgan fingerprint density at radius 1 is 0.972 bits per heavy atom. The summed E-state index contributed by atoms with van der Waals surface area (Å²) in [5, 5.41) is 14.1. The summed E-state index contributed by atoms with van der Waals surface area (Å²) in [7, 11) is 2.08. The summed E-state index contributed by atoms with van der Waals surface area (Å²) < 4.78 is 0. The summed E-state index contributed by atoms with van der Waals surface area (Å²) in [4.78, 5) is 21.0. The first kappa shape index (κ1) is 22.5. The van der Waals surface area contributed by atoms with Crippen molar-refractivity contribution in [2.45, 2.75) is 62.8 Å². The highest BCUT2D eigenvalue weighted by Crippen LogP contribution is 2.48. The fraction of sp³-hybridized carbons (Fsp3) is 0.452. The maximum absolute atomic E-state index is 14.1. The molecule has 8 rings (SSSR count). The van der Waals surface area contributed by atoms with Crippen LogP contribution in [0.15, 0.2) is 54.6 Å². The highest BCUT2D eigenvalue weighted by Gasteiger charge is 2.50. The number of nitrogens with zero attached hydrogens (tertiary/aromatic N) is 3. The quantitative estimate of drug-likeness (QED) is 0.517. The summed E-state index contributed by atoms with van der Waals surface area (Å²) in [5.41, 5.74) is 5.66. The Bertz CT molecular complexity index is 1360. The van der Waals surface area contributed by atoms with Crippen LogP contribution in [0.5, 0.6) is 0 Å². The maximum Gasteiger partial charge on any atom is 0.237 e. The summed E-state index contributed by atoms with van der Waals surface area (Å²) in [6.07, 6.45) is 2.88. The maximum atomic E-state index is 14.1. The lowest BCUT2D eigenvalue weighted by molar-refractivity contribution is -0.124. The van der Waals surface area contributed by atoms with Gasteiger partial charge in [-0.25, -0.2) is 0 Å². The van der Waals surface area contributed by atoms with Gasteiger partial charge in [-0.1, -0.05) is 48.5 Å². The molecular formula is C31H35N3O2. The van der Waals surface area contributed by atoms with Gasteiger partial charge in [0.05, 0.1) is 11.5 Å². The van der Waals surface area contributed by atoms with Gasteiger partial charge in [-0.15, -0.1) is 0 Å². The van der Waals surface area contributed by atoms with E-state index in [1.807, 2.05) is 19.1 Å². The summed E-state index contributed by atoms with van der Waals surface area (Å²) in [6.45, 7) is 5.36. The van der Waals surface area contributed by atoms with Gasteiger partial charge in [0, 0.05) is 44.0 Å². The van der Waals surface area contributed by atoms with E-state index in [1.54, 1.807) is 0 Å². The van der Waals surface area contributed by atoms with Gasteiger partial charge >= 0.3 is 0 Å². The molecule has 5 heteroatoms. The molecule has 0 spiro atoms. The molecule has 4 aliphatic heterocycles. The van der Waals surface area contributed by atoms with E-state index in [9.17, 15) is 9.90 Å². The van der Waals surface area contributed by atoms with Gasteiger partial charge in [0.2, 0.25) is 5.91 Å². The standard InChI is InChI=1S/C31H35N3O2/c1-31-17-23(35)19-32(2)18-21-10-11-25-28(16-20-6-5-7-24(21)29(20)25)33-14-12-22(13-15-33)34(30(31)36)27-9-4-3-8-26(27)31/h3-11,22-23,28,35H,12-19H2,1-2H3. The molecule has 1 aliphatic carbocycles. The van der Waals surface area contributed by atoms with E-state index >= 15 is 0 Å². The molecular weight excluding hydrogens is 446 g/mol. The van der Waals surface area contributed by atoms with Gasteiger partial charge in [-0.05, 0) is 78.7 Å². The topological polar surface area (TPSA) is 47.0 Å². The normalized spacial score (nSPS) is 32.0. The molecule has 0 radical (unpaired) electrons. The van der Waals surface area contributed by atoms with Crippen LogP contribution in [0.3, 0.4) is 0 Å². The van der Waals surface area contributed by atoms with Crippen LogP contribution in [-0.4, -0.2) is 59.6 Å². The first-order chi connectivity index (χ1) is 17.4. The Hall–Kier alpha value is -2.73. The number of carbonyl (C=O) groups excluding carboxylic acids is 1. The summed E-state index contributed by atoms with van der Waals surface area (Å²) in [5.74, 6) is 0.163. The van der Waals surface area contributed by atoms with Crippen LogP contribution >= 0.6 is 0 Å². The van der Waals surface area contributed by atoms with Crippen LogP contribution in [0.1, 0.15) is 54.5 Å². The van der Waals surface area contributed by atoms with Gasteiger partial charge in [0.1, 0.15) is 0 Å². The SMILES string of the molecule is CN1Cc2ccc3c4c(cccc24)CC3N2CCC(CC2)N2C(=O)C(C)(CC(O)C1)c1ccccc12. The minimum absolute atomic E-state index is 0.163. The summed E-state index contributed by atoms with van der Waals surface area (Å²) in [6, 6.07) is 20.4. The minimum atomic E-state index is -0.696. The smallest absolute Gasteiger partial charge is 0.237 e. The number of hydrogen-bond donors (Lipinski definition) is 1. The van der Waals surface area contributed by atoms with Crippen molar-refractivity contribution in [2.24, 2.45) is 0 Å². The van der Waals surface area contributed by atoms with Crippen molar-refractivity contribution in [1.82, 2.24) is 9.80 Å². The van der Waals surface area contributed by atoms with Gasteiger partial charge in [0.25, 0.3) is 0 Å². The second-order valence-electron chi connectivity index (χ2n) is 11.7. The summed E-state index contributed by atoms with van der Waals surface area (Å²) >= 11 is 0. The van der Waals surface area contributed by atoms with E-state index in [0.717, 1.165) is 50.1 Å². The van der Waals surface area contributed by atoms with Crippen molar-refractivity contribution in [3.8, 4) is 0 Å². The molecule has 5 aliphatic rings. The van der Waals surface area contributed by atoms with Gasteiger partial charge in [-0.2, -0.15) is 0 Å². The first-order valence-corrected chi connectivity index (χ1v) is 13.5. The Labute approximate surface area is 213 Å². The monoisotopic (exact) mass is 481 g/mol. The zero-order valence-corrected chi connectivity index (χ0v) is 21.3. The lowest BCUT2D eigenvalue weighted by Gasteiger charge is -2.40. The van der Waals surface area contributed by atoms with Crippen molar-refractivity contribution in [2.75, 3.05) is 31.6 Å². The predicted molar refractivity (Wildman–Crippen MR) is 143 cm³/mol. The molecule has 6 bridgehead atoms. The molecule has 1 amide bonds. The lowest BCUT2D eigenvalue weighted by atomic mass is 9.78. The molecule has 3 aromatic carbocycles. The highest BCUT2D eigenvalue weighted by atomic mass is 16.3. The number of carbonyl (C=O) groups is 1. The van der Waals surface area contributed by atoms with Gasteiger partial charge in [0.15, 0.2) is 0 Å². The van der Waals surface area contributed by atoms with Crippen molar-refractivity contribution in [3.05, 3.63) is 76.9 Å². The second-order valence-corrected chi connectivity index (χ2v) is 11.7. The first-order valence-electron chi connectivity index (χ1n) is 13.5. The number of rotatable bonds is 0. The third-order valence-corrected chi connectivity index (χ3v) is 9.38. The highest BCUT2D eigenvalue weighted by molar-refractivity contribution is 6.08. The van der Waals surface area contributed by atoms with E-state index in [2.05, 4.69) is 64.2 Å². The molecule has 1 saturated heterocycles. The van der Waals surface area contributed by atoms with E-state index in [1.165, 1.54) is 27.5 Å². The van der Waals surface area contributed by atoms with E-state index in [0.29, 0.717) is 19.0 Å². The predicted octanol–water partition coefficient (Wildman–Crippen LogP) is 4.40. The zero-order valence-electron chi connectivity index (χ0n) is 21.3. The Kier molecular flexibility index (Phi) is 5.08. The molecule has 186 valence electrons. The molecule has 36 heavy (non-hydrogen) atoms. The van der Waals surface area contributed by atoms with E-state index in [-0.39, 0.29) is 11.9 Å². The average molecular weight is 482 g/mol. The second kappa shape index (κ2) is 8.14. The van der Waals surface area contributed by atoms with Crippen molar-refractivity contribution in [3.63, 3.8) is 0 Å². The minimum Gasteiger partial charge on any atom is -0.392 e. The number of aliphatic hydroxyl groups is 1. The van der Waals surface area contributed by atoms with Crippen LogP contribution in [0.4, 0.5) is 5.69 Å². The number of likely N-dealkylation sites (N-methyl/N-ethyl adjacent to an activating group) is 1. The Balaban J connectivity index is 1.32. The molecule has 1 fully saturated rings. The number of benzene rings is 3. The van der Waals surface area contributed by atoms with Gasteiger partial charge in [-0.3, -0.25) is 14.6 Å². The number of aliphatic hydroxyl groups excluding tert-OH is 1. The largest absolute Gasteiger partial charge is 0.392 e. The Morgan fingerprint density at radius 2 is 1.78 bits per heavy atom. The van der Waals surface area contributed by atoms with Crippen molar-refractivity contribution < 1.29 is 9.90 Å². The van der Waals surface area contributed by atoms with Crippen LogP contribution in [0.25, 0.3) is 10.8 Å². The number of para-hydroxylation sites is 1. The third-order valence-electron chi connectivity index (χ3n) is 9.38. The van der Waals surface area contributed by atoms with Crippen LogP contribution < -0.4 is 4.90 Å². The fourth-order valence-electron chi connectivity index (χ4n) is 7.71. The Morgan fingerprint density at radius 3 is 2.61 bits per heavy atom. The fourth-order valence-corrected chi connectivity index (χ4v) is 7.71. The molecule has 1 N–H and O–H groups in total. The molecule has 3 unspecified atom stereocenters. The van der Waals surface area contributed by atoms with Crippen LogP contribution in [0.2, 0.25) is 0 Å². The number of amides is 1. The van der Waals surface area contributed by atoms with Crippen molar-refractivity contribution >= 4 is 22.4 Å².